The van der Waals surface area contributed by atoms with Crippen LogP contribution in [-0.4, -0.2) is 30.3 Å². The first kappa shape index (κ1) is 17.7. The molecular weight excluding hydrogens is 334 g/mol. The molecule has 6 nitrogen and oxygen atoms in total. The second-order valence-corrected chi connectivity index (χ2v) is 5.35. The zero-order chi connectivity index (χ0) is 17.5. The second-order valence-electron chi connectivity index (χ2n) is 4.92. The Hall–Kier alpha value is -2.60. The van der Waals surface area contributed by atoms with Gasteiger partial charge in [-0.2, -0.15) is 0 Å². The van der Waals surface area contributed by atoms with Crippen LogP contribution >= 0.6 is 11.6 Å². The summed E-state index contributed by atoms with van der Waals surface area (Å²) in [6.45, 7) is 1.85. The minimum Gasteiger partial charge on any atom is -0.472 e. The molecule has 126 valence electrons. The van der Waals surface area contributed by atoms with Crippen molar-refractivity contribution in [1.82, 2.24) is 5.32 Å². The molecule has 1 atom stereocenters. The van der Waals surface area contributed by atoms with Crippen molar-refractivity contribution in [2.75, 3.05) is 6.61 Å². The Morgan fingerprint density at radius 1 is 1.17 bits per heavy atom. The van der Waals surface area contributed by atoms with Gasteiger partial charge in [-0.05, 0) is 37.3 Å². The lowest BCUT2D eigenvalue weighted by molar-refractivity contribution is -0.143. The van der Waals surface area contributed by atoms with E-state index in [1.165, 1.54) is 30.7 Å². The molecule has 1 N–H and O–H groups in total. The van der Waals surface area contributed by atoms with Crippen molar-refractivity contribution in [3.05, 3.63) is 59.0 Å². The van der Waals surface area contributed by atoms with Gasteiger partial charge in [0.1, 0.15) is 12.3 Å². The number of rotatable bonds is 7. The van der Waals surface area contributed by atoms with Crippen molar-refractivity contribution < 1.29 is 23.5 Å². The standard InChI is InChI=1S/C17H16ClNO5/c1-2-24-15(20)9-14(16(21)12-7-8-23-10-12)19-17(22)11-3-5-13(18)6-4-11/h3-8,10,14H,2,9H2,1H3,(H,19,22). The lowest BCUT2D eigenvalue weighted by Gasteiger charge is -2.16. The third-order valence-corrected chi connectivity index (χ3v) is 3.46. The first-order chi connectivity index (χ1) is 11.5. The Balaban J connectivity index is 2.15. The summed E-state index contributed by atoms with van der Waals surface area (Å²) in [7, 11) is 0. The molecule has 0 radical (unpaired) electrons. The fraction of sp³-hybridized carbons (Fsp3) is 0.235. The van der Waals surface area contributed by atoms with Crippen LogP contribution in [0.15, 0.2) is 47.3 Å². The number of hydrogen-bond donors (Lipinski definition) is 1. The minimum atomic E-state index is -1.05. The summed E-state index contributed by atoms with van der Waals surface area (Å²) < 4.78 is 9.74. The maximum atomic E-state index is 12.5. The highest BCUT2D eigenvalue weighted by molar-refractivity contribution is 6.30. The van der Waals surface area contributed by atoms with Gasteiger partial charge < -0.3 is 14.5 Å². The molecule has 1 amide bonds. The van der Waals surface area contributed by atoms with Gasteiger partial charge in [0.05, 0.1) is 24.9 Å². The third-order valence-electron chi connectivity index (χ3n) is 3.21. The number of carbonyl (C=O) groups excluding carboxylic acids is 3. The molecule has 0 fully saturated rings. The van der Waals surface area contributed by atoms with Gasteiger partial charge in [0, 0.05) is 10.6 Å². The molecule has 2 rings (SSSR count). The number of ether oxygens (including phenoxy) is 1. The van der Waals surface area contributed by atoms with Crippen molar-refractivity contribution in [2.24, 2.45) is 0 Å². The Morgan fingerprint density at radius 3 is 2.46 bits per heavy atom. The monoisotopic (exact) mass is 349 g/mol. The van der Waals surface area contributed by atoms with E-state index in [1.54, 1.807) is 19.1 Å². The normalized spacial score (nSPS) is 11.6. The number of furan rings is 1. The van der Waals surface area contributed by atoms with E-state index in [2.05, 4.69) is 5.32 Å². The predicted octanol–water partition coefficient (Wildman–Crippen LogP) is 2.87. The Labute approximate surface area is 143 Å². The van der Waals surface area contributed by atoms with Gasteiger partial charge in [0.2, 0.25) is 0 Å². The topological polar surface area (TPSA) is 85.6 Å². The summed E-state index contributed by atoms with van der Waals surface area (Å²) in [5.41, 5.74) is 0.592. The molecule has 0 saturated heterocycles. The maximum Gasteiger partial charge on any atom is 0.308 e. The first-order valence-electron chi connectivity index (χ1n) is 7.29. The maximum absolute atomic E-state index is 12.5. The van der Waals surface area contributed by atoms with E-state index in [1.807, 2.05) is 0 Å². The Bertz CT molecular complexity index is 709. The average molecular weight is 350 g/mol. The summed E-state index contributed by atoms with van der Waals surface area (Å²) in [5.74, 6) is -1.49. The molecule has 24 heavy (non-hydrogen) atoms. The summed E-state index contributed by atoms with van der Waals surface area (Å²) in [5, 5.41) is 3.05. The zero-order valence-electron chi connectivity index (χ0n) is 13.0. The largest absolute Gasteiger partial charge is 0.472 e. The summed E-state index contributed by atoms with van der Waals surface area (Å²) in [6.07, 6.45) is 2.34. The summed E-state index contributed by atoms with van der Waals surface area (Å²) in [6, 6.07) is 6.60. The lowest BCUT2D eigenvalue weighted by atomic mass is 10.0. The number of benzene rings is 1. The number of halogens is 1. The van der Waals surface area contributed by atoms with E-state index in [0.29, 0.717) is 10.6 Å². The van der Waals surface area contributed by atoms with Crippen molar-refractivity contribution in [3.63, 3.8) is 0 Å². The van der Waals surface area contributed by atoms with E-state index in [4.69, 9.17) is 20.8 Å². The summed E-state index contributed by atoms with van der Waals surface area (Å²) in [4.78, 5) is 36.5. The SMILES string of the molecule is CCOC(=O)CC(NC(=O)c1ccc(Cl)cc1)C(=O)c1ccoc1. The number of amides is 1. The molecule has 0 bridgehead atoms. The molecule has 0 aliphatic heterocycles. The molecule has 0 spiro atoms. The van der Waals surface area contributed by atoms with E-state index in [9.17, 15) is 14.4 Å². The van der Waals surface area contributed by atoms with Crippen molar-refractivity contribution in [2.45, 2.75) is 19.4 Å². The lowest BCUT2D eigenvalue weighted by Crippen LogP contribution is -2.42. The number of esters is 1. The van der Waals surface area contributed by atoms with Gasteiger partial charge in [-0.1, -0.05) is 11.6 Å². The molecule has 0 aliphatic carbocycles. The zero-order valence-corrected chi connectivity index (χ0v) is 13.7. The van der Waals surface area contributed by atoms with Crippen LogP contribution in [0.2, 0.25) is 5.02 Å². The minimum absolute atomic E-state index is 0.191. The molecule has 2 aromatic rings. The van der Waals surface area contributed by atoms with Crippen LogP contribution in [-0.2, 0) is 9.53 Å². The molecule has 0 aliphatic rings. The molecule has 1 heterocycles. The van der Waals surface area contributed by atoms with Crippen LogP contribution in [0.3, 0.4) is 0 Å². The van der Waals surface area contributed by atoms with Crippen LogP contribution in [0, 0.1) is 0 Å². The molecular formula is C17H16ClNO5. The number of hydrogen-bond acceptors (Lipinski definition) is 5. The highest BCUT2D eigenvalue weighted by Gasteiger charge is 2.26. The van der Waals surface area contributed by atoms with Crippen LogP contribution in [0.5, 0.6) is 0 Å². The van der Waals surface area contributed by atoms with Gasteiger partial charge in [-0.25, -0.2) is 0 Å². The number of ketones is 1. The van der Waals surface area contributed by atoms with Gasteiger partial charge in [-0.3, -0.25) is 14.4 Å². The van der Waals surface area contributed by atoms with E-state index < -0.39 is 23.7 Å². The Morgan fingerprint density at radius 2 is 1.88 bits per heavy atom. The Kier molecular flexibility index (Phi) is 6.14. The number of Topliss-reactive ketones (excluding diaryl/α,β-unsaturated/α-hetero) is 1. The molecule has 1 aromatic carbocycles. The van der Waals surface area contributed by atoms with Gasteiger partial charge in [0.25, 0.3) is 5.91 Å². The van der Waals surface area contributed by atoms with E-state index >= 15 is 0 Å². The van der Waals surface area contributed by atoms with Crippen molar-refractivity contribution in [3.8, 4) is 0 Å². The highest BCUT2D eigenvalue weighted by Crippen LogP contribution is 2.12. The quantitative estimate of drug-likeness (QED) is 0.613. The van der Waals surface area contributed by atoms with E-state index in [0.717, 1.165) is 0 Å². The first-order valence-corrected chi connectivity index (χ1v) is 7.67. The number of nitrogens with one attached hydrogen (secondary N) is 1. The average Bonchev–Trinajstić information content (AvgIpc) is 3.08. The summed E-state index contributed by atoms with van der Waals surface area (Å²) >= 11 is 5.79. The van der Waals surface area contributed by atoms with Crippen LogP contribution in [0.25, 0.3) is 0 Å². The molecule has 0 saturated carbocycles. The third kappa shape index (κ3) is 4.70. The van der Waals surface area contributed by atoms with Gasteiger partial charge in [-0.15, -0.1) is 0 Å². The fourth-order valence-corrected chi connectivity index (χ4v) is 2.17. The second kappa shape index (κ2) is 8.31. The van der Waals surface area contributed by atoms with E-state index in [-0.39, 0.29) is 18.6 Å². The van der Waals surface area contributed by atoms with Crippen molar-refractivity contribution in [1.29, 1.82) is 0 Å². The molecule has 7 heteroatoms. The number of carbonyl (C=O) groups is 3. The van der Waals surface area contributed by atoms with Crippen molar-refractivity contribution >= 4 is 29.3 Å². The fourth-order valence-electron chi connectivity index (χ4n) is 2.04. The van der Waals surface area contributed by atoms with Gasteiger partial charge >= 0.3 is 5.97 Å². The van der Waals surface area contributed by atoms with Crippen LogP contribution < -0.4 is 5.32 Å². The van der Waals surface area contributed by atoms with Crippen LogP contribution in [0.1, 0.15) is 34.1 Å². The van der Waals surface area contributed by atoms with Crippen LogP contribution in [0.4, 0.5) is 0 Å². The van der Waals surface area contributed by atoms with Gasteiger partial charge in [0.15, 0.2) is 5.78 Å². The molecule has 1 unspecified atom stereocenters. The smallest absolute Gasteiger partial charge is 0.308 e. The molecule has 1 aromatic heterocycles. The predicted molar refractivity (Wildman–Crippen MR) is 87.0 cm³/mol. The highest BCUT2D eigenvalue weighted by atomic mass is 35.5.